The van der Waals surface area contributed by atoms with Gasteiger partial charge in [-0.25, -0.2) is 5.43 Å². The van der Waals surface area contributed by atoms with Crippen LogP contribution in [0, 0.1) is 10.1 Å². The molecule has 26 heavy (non-hydrogen) atoms. The van der Waals surface area contributed by atoms with Gasteiger partial charge in [-0.2, -0.15) is 5.10 Å². The molecule has 1 aromatic carbocycles. The highest BCUT2D eigenvalue weighted by molar-refractivity contribution is 5.94. The first-order valence-corrected chi connectivity index (χ1v) is 8.00. The van der Waals surface area contributed by atoms with Gasteiger partial charge in [0.2, 0.25) is 0 Å². The first-order chi connectivity index (χ1) is 12.6. The van der Waals surface area contributed by atoms with Crippen LogP contribution in [0.25, 0.3) is 0 Å². The van der Waals surface area contributed by atoms with Crippen molar-refractivity contribution in [2.45, 2.75) is 0 Å². The molecule has 1 aliphatic heterocycles. The zero-order valence-corrected chi connectivity index (χ0v) is 13.9. The van der Waals surface area contributed by atoms with E-state index in [2.05, 4.69) is 15.5 Å². The molecule has 1 aromatic heterocycles. The van der Waals surface area contributed by atoms with Crippen LogP contribution < -0.4 is 10.3 Å². The normalized spacial score (nSPS) is 14.4. The third-order valence-electron chi connectivity index (χ3n) is 3.85. The molecule has 1 N–H and O–H groups in total. The van der Waals surface area contributed by atoms with E-state index in [0.29, 0.717) is 43.1 Å². The van der Waals surface area contributed by atoms with Crippen molar-refractivity contribution < 1.29 is 14.5 Å². The summed E-state index contributed by atoms with van der Waals surface area (Å²) in [6.07, 6.45) is 4.35. The van der Waals surface area contributed by atoms with Gasteiger partial charge in [0.1, 0.15) is 5.69 Å². The van der Waals surface area contributed by atoms with Crippen LogP contribution in [0.3, 0.4) is 0 Å². The van der Waals surface area contributed by atoms with E-state index in [1.165, 1.54) is 18.5 Å². The maximum atomic E-state index is 11.9. The van der Waals surface area contributed by atoms with Crippen LogP contribution in [-0.4, -0.2) is 48.3 Å². The van der Waals surface area contributed by atoms with E-state index in [9.17, 15) is 14.9 Å². The van der Waals surface area contributed by atoms with Crippen molar-refractivity contribution in [3.05, 3.63) is 64.0 Å². The Labute approximate surface area is 149 Å². The van der Waals surface area contributed by atoms with E-state index < -0.39 is 10.8 Å². The highest BCUT2D eigenvalue weighted by atomic mass is 16.6. The van der Waals surface area contributed by atoms with E-state index in [1.54, 1.807) is 30.5 Å². The summed E-state index contributed by atoms with van der Waals surface area (Å²) in [5.74, 6) is -0.409. The van der Waals surface area contributed by atoms with Gasteiger partial charge >= 0.3 is 0 Å². The zero-order chi connectivity index (χ0) is 18.4. The van der Waals surface area contributed by atoms with Crippen LogP contribution in [-0.2, 0) is 4.74 Å². The first kappa shape index (κ1) is 17.5. The van der Waals surface area contributed by atoms with Gasteiger partial charge in [0.15, 0.2) is 0 Å². The monoisotopic (exact) mass is 355 g/mol. The van der Waals surface area contributed by atoms with Gasteiger partial charge in [-0.05, 0) is 18.2 Å². The Morgan fingerprint density at radius 3 is 2.85 bits per heavy atom. The first-order valence-electron chi connectivity index (χ1n) is 8.00. The van der Waals surface area contributed by atoms with Crippen molar-refractivity contribution >= 4 is 23.5 Å². The lowest BCUT2D eigenvalue weighted by molar-refractivity contribution is -0.384. The number of rotatable bonds is 5. The minimum Gasteiger partial charge on any atom is -0.378 e. The number of nitrogens with zero attached hydrogens (tertiary/aromatic N) is 4. The molecule has 9 nitrogen and oxygen atoms in total. The van der Waals surface area contributed by atoms with E-state index in [4.69, 9.17) is 4.74 Å². The summed E-state index contributed by atoms with van der Waals surface area (Å²) in [6, 6.07) is 8.10. The number of carbonyl (C=O) groups excluding carboxylic acids is 1. The summed E-state index contributed by atoms with van der Waals surface area (Å²) in [7, 11) is 0. The highest BCUT2D eigenvalue weighted by Crippen LogP contribution is 2.29. The van der Waals surface area contributed by atoms with Gasteiger partial charge < -0.3 is 9.64 Å². The predicted molar refractivity (Wildman–Crippen MR) is 95.4 cm³/mol. The van der Waals surface area contributed by atoms with Gasteiger partial charge in [0, 0.05) is 37.1 Å². The molecule has 1 amide bonds. The quantitative estimate of drug-likeness (QED) is 0.495. The van der Waals surface area contributed by atoms with Crippen molar-refractivity contribution in [1.82, 2.24) is 10.4 Å². The Kier molecular flexibility index (Phi) is 5.49. The molecule has 0 atom stereocenters. The Morgan fingerprint density at radius 2 is 2.15 bits per heavy atom. The lowest BCUT2D eigenvalue weighted by Crippen LogP contribution is -2.36. The number of hydrogen-bond acceptors (Lipinski definition) is 7. The number of hydrogen-bond donors (Lipinski definition) is 1. The zero-order valence-electron chi connectivity index (χ0n) is 13.9. The van der Waals surface area contributed by atoms with E-state index >= 15 is 0 Å². The Hall–Kier alpha value is -3.33. The SMILES string of the molecule is O=C(N/N=C/c1ccc(N2CCOCC2)c([N+](=O)[O-])c1)c1cccnc1. The number of ether oxygens (including phenoxy) is 1. The van der Waals surface area contributed by atoms with Crippen LogP contribution in [0.2, 0.25) is 0 Å². The Bertz CT molecular complexity index is 819. The molecule has 134 valence electrons. The van der Waals surface area contributed by atoms with Crippen molar-refractivity contribution in [1.29, 1.82) is 0 Å². The van der Waals surface area contributed by atoms with Gasteiger partial charge in [0.05, 0.1) is 29.9 Å². The fourth-order valence-electron chi connectivity index (χ4n) is 2.57. The van der Waals surface area contributed by atoms with Crippen molar-refractivity contribution in [2.75, 3.05) is 31.2 Å². The van der Waals surface area contributed by atoms with Crippen LogP contribution in [0.15, 0.2) is 47.8 Å². The molecule has 2 heterocycles. The Morgan fingerprint density at radius 1 is 1.35 bits per heavy atom. The predicted octanol–water partition coefficient (Wildman–Crippen LogP) is 1.59. The number of nitrogens with one attached hydrogen (secondary N) is 1. The molecule has 1 fully saturated rings. The summed E-state index contributed by atoms with van der Waals surface area (Å²) in [6.45, 7) is 2.30. The van der Waals surface area contributed by atoms with Gasteiger partial charge in [-0.15, -0.1) is 0 Å². The van der Waals surface area contributed by atoms with E-state index in [0.717, 1.165) is 0 Å². The average Bonchev–Trinajstić information content (AvgIpc) is 2.69. The molecule has 1 saturated heterocycles. The maximum absolute atomic E-state index is 11.9. The van der Waals surface area contributed by atoms with E-state index in [-0.39, 0.29) is 5.69 Å². The smallest absolute Gasteiger partial charge is 0.293 e. The van der Waals surface area contributed by atoms with Crippen molar-refractivity contribution in [2.24, 2.45) is 5.10 Å². The summed E-state index contributed by atoms with van der Waals surface area (Å²) in [5.41, 5.74) is 3.80. The minimum atomic E-state index is -0.420. The van der Waals surface area contributed by atoms with Crippen molar-refractivity contribution in [3.63, 3.8) is 0 Å². The molecular formula is C17H17N5O4. The molecule has 9 heteroatoms. The third-order valence-corrected chi connectivity index (χ3v) is 3.85. The second-order valence-electron chi connectivity index (χ2n) is 5.55. The molecule has 0 radical (unpaired) electrons. The fraction of sp³-hybridized carbons (Fsp3) is 0.235. The van der Waals surface area contributed by atoms with Gasteiger partial charge in [-0.1, -0.05) is 6.07 Å². The molecule has 0 spiro atoms. The van der Waals surface area contributed by atoms with E-state index in [1.807, 2.05) is 4.90 Å². The average molecular weight is 355 g/mol. The number of amides is 1. The number of anilines is 1. The number of morpholine rings is 1. The number of hydrazone groups is 1. The number of pyridine rings is 1. The summed E-state index contributed by atoms with van der Waals surface area (Å²) in [4.78, 5) is 28.6. The molecule has 3 rings (SSSR count). The van der Waals surface area contributed by atoms with Crippen LogP contribution in [0.1, 0.15) is 15.9 Å². The standard InChI is InChI=1S/C17H17N5O4/c23-17(14-2-1-5-18-12-14)20-19-11-13-3-4-15(16(10-13)22(24)25)21-6-8-26-9-7-21/h1-5,10-12H,6-9H2,(H,20,23)/b19-11+. The van der Waals surface area contributed by atoms with Gasteiger partial charge in [0.25, 0.3) is 11.6 Å². The number of carbonyl (C=O) groups is 1. The summed E-state index contributed by atoms with van der Waals surface area (Å²) in [5, 5.41) is 15.3. The minimum absolute atomic E-state index is 0.00515. The fourth-order valence-corrected chi connectivity index (χ4v) is 2.57. The molecule has 2 aromatic rings. The van der Waals surface area contributed by atoms with Crippen molar-refractivity contribution in [3.8, 4) is 0 Å². The largest absolute Gasteiger partial charge is 0.378 e. The van der Waals surface area contributed by atoms with Crippen LogP contribution in [0.5, 0.6) is 0 Å². The lowest BCUT2D eigenvalue weighted by atomic mass is 10.1. The maximum Gasteiger partial charge on any atom is 0.293 e. The number of nitro groups is 1. The number of nitro benzene ring substituents is 1. The summed E-state index contributed by atoms with van der Waals surface area (Å²) < 4.78 is 5.28. The molecule has 1 aliphatic rings. The highest BCUT2D eigenvalue weighted by Gasteiger charge is 2.21. The second kappa shape index (κ2) is 8.17. The Balaban J connectivity index is 1.73. The van der Waals surface area contributed by atoms with Gasteiger partial charge in [-0.3, -0.25) is 19.9 Å². The molecule has 0 saturated carbocycles. The van der Waals surface area contributed by atoms with Crippen LogP contribution >= 0.6 is 0 Å². The molecule has 0 aliphatic carbocycles. The molecular weight excluding hydrogens is 338 g/mol. The van der Waals surface area contributed by atoms with Crippen LogP contribution in [0.4, 0.5) is 11.4 Å². The number of aromatic nitrogens is 1. The molecule has 0 unspecified atom stereocenters. The third kappa shape index (κ3) is 4.19. The second-order valence-corrected chi connectivity index (χ2v) is 5.55. The summed E-state index contributed by atoms with van der Waals surface area (Å²) >= 11 is 0. The number of benzene rings is 1. The topological polar surface area (TPSA) is 110 Å². The lowest BCUT2D eigenvalue weighted by Gasteiger charge is -2.28. The molecule has 0 bridgehead atoms.